The first kappa shape index (κ1) is 13.3. The molecule has 1 aromatic rings. The second-order valence-corrected chi connectivity index (χ2v) is 6.18. The highest BCUT2D eigenvalue weighted by Crippen LogP contribution is 2.27. The van der Waals surface area contributed by atoms with Crippen LogP contribution in [0.5, 0.6) is 0 Å². The molecular weight excluding hydrogens is 227 g/mol. The maximum Gasteiger partial charge on any atom is 0.125 e. The van der Waals surface area contributed by atoms with Gasteiger partial charge in [-0.1, -0.05) is 19.9 Å². The fourth-order valence-electron chi connectivity index (χ4n) is 2.62. The molecule has 1 fully saturated rings. The molecule has 2 nitrogen and oxygen atoms in total. The minimum absolute atomic E-state index is 0.0672. The van der Waals surface area contributed by atoms with E-state index in [4.69, 9.17) is 0 Å². The summed E-state index contributed by atoms with van der Waals surface area (Å²) in [6, 6.07) is 7.34. The van der Waals surface area contributed by atoms with Crippen LogP contribution in [-0.2, 0) is 0 Å². The molecule has 1 unspecified atom stereocenters. The molecule has 100 valence electrons. The molecule has 1 atom stereocenters. The lowest BCUT2D eigenvalue weighted by Gasteiger charge is -2.47. The molecule has 1 heterocycles. The minimum Gasteiger partial charge on any atom is -0.365 e. The number of nitrogens with one attached hydrogen (secondary N) is 1. The Labute approximate surface area is 109 Å². The number of rotatable bonds is 2. The lowest BCUT2D eigenvalue weighted by molar-refractivity contribution is 0.277. The third-order valence-electron chi connectivity index (χ3n) is 3.67. The number of halogens is 1. The number of nitrogens with zero attached hydrogens (tertiary/aromatic N) is 1. The summed E-state index contributed by atoms with van der Waals surface area (Å²) in [6.07, 6.45) is 0. The van der Waals surface area contributed by atoms with E-state index in [9.17, 15) is 4.39 Å². The lowest BCUT2D eigenvalue weighted by Crippen LogP contribution is -2.63. The molecule has 1 aliphatic heterocycles. The number of benzene rings is 1. The smallest absolute Gasteiger partial charge is 0.125 e. The van der Waals surface area contributed by atoms with Crippen molar-refractivity contribution in [3.05, 3.63) is 30.1 Å². The van der Waals surface area contributed by atoms with Crippen LogP contribution < -0.4 is 10.2 Å². The van der Waals surface area contributed by atoms with E-state index in [0.717, 1.165) is 18.8 Å². The van der Waals surface area contributed by atoms with Crippen molar-refractivity contribution in [2.45, 2.75) is 39.3 Å². The van der Waals surface area contributed by atoms with E-state index >= 15 is 0 Å². The predicted molar refractivity (Wildman–Crippen MR) is 74.5 cm³/mol. The molecule has 0 spiro atoms. The molecule has 1 saturated heterocycles. The Bertz CT molecular complexity index is 415. The van der Waals surface area contributed by atoms with Crippen LogP contribution in [0.1, 0.15) is 27.7 Å². The van der Waals surface area contributed by atoms with Gasteiger partial charge >= 0.3 is 0 Å². The summed E-state index contributed by atoms with van der Waals surface area (Å²) in [6.45, 7) is 10.7. The van der Waals surface area contributed by atoms with Gasteiger partial charge in [-0.25, -0.2) is 4.39 Å². The van der Waals surface area contributed by atoms with Gasteiger partial charge in [-0.05, 0) is 38.0 Å². The van der Waals surface area contributed by atoms with Crippen LogP contribution in [0.4, 0.5) is 10.1 Å². The van der Waals surface area contributed by atoms with Crippen molar-refractivity contribution in [1.29, 1.82) is 0 Å². The largest absolute Gasteiger partial charge is 0.365 e. The molecule has 0 aliphatic carbocycles. The van der Waals surface area contributed by atoms with E-state index < -0.39 is 0 Å². The summed E-state index contributed by atoms with van der Waals surface area (Å²) >= 11 is 0. The van der Waals surface area contributed by atoms with Gasteiger partial charge in [0.15, 0.2) is 0 Å². The molecule has 0 radical (unpaired) electrons. The topological polar surface area (TPSA) is 15.3 Å². The van der Waals surface area contributed by atoms with Crippen LogP contribution >= 0.6 is 0 Å². The Morgan fingerprint density at radius 3 is 2.72 bits per heavy atom. The quantitative estimate of drug-likeness (QED) is 0.868. The maximum atomic E-state index is 13.4. The summed E-state index contributed by atoms with van der Waals surface area (Å²) < 4.78 is 13.4. The molecule has 1 N–H and O–H groups in total. The zero-order chi connectivity index (χ0) is 13.3. The van der Waals surface area contributed by atoms with Crippen molar-refractivity contribution in [1.82, 2.24) is 5.32 Å². The summed E-state index contributed by atoms with van der Waals surface area (Å²) in [4.78, 5) is 2.34. The molecule has 0 saturated carbocycles. The Hall–Kier alpha value is -1.09. The van der Waals surface area contributed by atoms with Crippen molar-refractivity contribution in [3.63, 3.8) is 0 Å². The van der Waals surface area contributed by atoms with Crippen molar-refractivity contribution in [2.75, 3.05) is 18.0 Å². The molecule has 0 aromatic heterocycles. The molecule has 0 bridgehead atoms. The molecular formula is C15H23FN2. The molecule has 3 heteroatoms. The van der Waals surface area contributed by atoms with Gasteiger partial charge in [0.2, 0.25) is 0 Å². The van der Waals surface area contributed by atoms with Crippen LogP contribution in [0.2, 0.25) is 0 Å². The average Bonchev–Trinajstić information content (AvgIpc) is 2.27. The first-order chi connectivity index (χ1) is 8.39. The van der Waals surface area contributed by atoms with E-state index in [2.05, 4.69) is 37.9 Å². The Morgan fingerprint density at radius 2 is 2.11 bits per heavy atom. The van der Waals surface area contributed by atoms with E-state index in [1.165, 1.54) is 6.07 Å². The minimum atomic E-state index is -0.161. The Kier molecular flexibility index (Phi) is 3.62. The van der Waals surface area contributed by atoms with Crippen LogP contribution in [0.15, 0.2) is 24.3 Å². The zero-order valence-electron chi connectivity index (χ0n) is 11.7. The number of hydrogen-bond acceptors (Lipinski definition) is 2. The third-order valence-corrected chi connectivity index (χ3v) is 3.67. The Balaban J connectivity index is 2.30. The molecule has 1 aromatic carbocycles. The number of anilines is 1. The highest BCUT2D eigenvalue weighted by molar-refractivity contribution is 5.49. The van der Waals surface area contributed by atoms with Crippen LogP contribution in [0.3, 0.4) is 0 Å². The van der Waals surface area contributed by atoms with Crippen LogP contribution in [0.25, 0.3) is 0 Å². The Morgan fingerprint density at radius 1 is 1.39 bits per heavy atom. The van der Waals surface area contributed by atoms with E-state index in [1.807, 2.05) is 6.07 Å². The summed E-state index contributed by atoms with van der Waals surface area (Å²) in [5.41, 5.74) is 1.06. The van der Waals surface area contributed by atoms with Gasteiger partial charge in [-0.2, -0.15) is 0 Å². The van der Waals surface area contributed by atoms with Gasteiger partial charge in [0.25, 0.3) is 0 Å². The zero-order valence-corrected chi connectivity index (χ0v) is 11.7. The predicted octanol–water partition coefficient (Wildman–Crippen LogP) is 3.04. The lowest BCUT2D eigenvalue weighted by atomic mass is 9.92. The monoisotopic (exact) mass is 250 g/mol. The second kappa shape index (κ2) is 4.88. The van der Waals surface area contributed by atoms with Crippen molar-refractivity contribution in [2.24, 2.45) is 5.92 Å². The highest BCUT2D eigenvalue weighted by Gasteiger charge is 2.34. The molecule has 0 amide bonds. The van der Waals surface area contributed by atoms with E-state index in [0.29, 0.717) is 12.0 Å². The van der Waals surface area contributed by atoms with Gasteiger partial charge < -0.3 is 10.2 Å². The van der Waals surface area contributed by atoms with E-state index in [1.54, 1.807) is 12.1 Å². The van der Waals surface area contributed by atoms with Gasteiger partial charge in [-0.15, -0.1) is 0 Å². The summed E-state index contributed by atoms with van der Waals surface area (Å²) in [5.74, 6) is 0.378. The van der Waals surface area contributed by atoms with Crippen LogP contribution in [0, 0.1) is 11.7 Å². The first-order valence-electron chi connectivity index (χ1n) is 6.66. The maximum absolute atomic E-state index is 13.4. The summed E-state index contributed by atoms with van der Waals surface area (Å²) in [7, 11) is 0. The fraction of sp³-hybridized carbons (Fsp3) is 0.600. The molecule has 18 heavy (non-hydrogen) atoms. The molecule has 1 aliphatic rings. The fourth-order valence-corrected chi connectivity index (χ4v) is 2.62. The average molecular weight is 250 g/mol. The highest BCUT2D eigenvalue weighted by atomic mass is 19.1. The van der Waals surface area contributed by atoms with Crippen molar-refractivity contribution in [3.8, 4) is 0 Å². The first-order valence-corrected chi connectivity index (χ1v) is 6.66. The van der Waals surface area contributed by atoms with Gasteiger partial charge in [0.05, 0.1) is 0 Å². The van der Waals surface area contributed by atoms with E-state index in [-0.39, 0.29) is 11.4 Å². The third kappa shape index (κ3) is 2.83. The second-order valence-electron chi connectivity index (χ2n) is 6.18. The SMILES string of the molecule is CC(C)C1CNC(C)(C)CN1c1cccc(F)c1. The van der Waals surface area contributed by atoms with Crippen molar-refractivity contribution < 1.29 is 4.39 Å². The molecule has 2 rings (SSSR count). The van der Waals surface area contributed by atoms with Gasteiger partial charge in [0, 0.05) is 30.4 Å². The van der Waals surface area contributed by atoms with Gasteiger partial charge in [0.1, 0.15) is 5.82 Å². The normalized spacial score (nSPS) is 23.4. The van der Waals surface area contributed by atoms with Gasteiger partial charge in [-0.3, -0.25) is 0 Å². The number of piperazine rings is 1. The summed E-state index contributed by atoms with van der Waals surface area (Å²) in [5, 5.41) is 3.57. The van der Waals surface area contributed by atoms with Crippen LogP contribution in [-0.4, -0.2) is 24.7 Å². The standard InChI is InChI=1S/C15H23FN2/c1-11(2)14-9-17-15(3,4)10-18(14)13-7-5-6-12(16)8-13/h5-8,11,14,17H,9-10H2,1-4H3. The number of hydrogen-bond donors (Lipinski definition) is 1. The van der Waals surface area contributed by atoms with Crippen molar-refractivity contribution >= 4 is 5.69 Å².